The van der Waals surface area contributed by atoms with Gasteiger partial charge in [-0.25, -0.2) is 4.79 Å². The first kappa shape index (κ1) is 14.6. The highest BCUT2D eigenvalue weighted by Crippen LogP contribution is 2.32. The van der Waals surface area contributed by atoms with Crippen LogP contribution in [0.25, 0.3) is 0 Å². The first-order valence-corrected chi connectivity index (χ1v) is 7.11. The second kappa shape index (κ2) is 6.55. The zero-order valence-electron chi connectivity index (χ0n) is 12.0. The molecule has 108 valence electrons. The second-order valence-electron chi connectivity index (χ2n) is 5.36. The predicted octanol–water partition coefficient (Wildman–Crippen LogP) is 3.24. The van der Waals surface area contributed by atoms with Crippen LogP contribution in [0.4, 0.5) is 5.69 Å². The molecule has 1 atom stereocenters. The Morgan fingerprint density at radius 1 is 1.25 bits per heavy atom. The van der Waals surface area contributed by atoms with Gasteiger partial charge in [-0.1, -0.05) is 31.9 Å². The largest absolute Gasteiger partial charge is 0.465 e. The lowest BCUT2D eigenvalue weighted by Crippen LogP contribution is -2.26. The fourth-order valence-corrected chi connectivity index (χ4v) is 2.80. The van der Waals surface area contributed by atoms with Crippen molar-refractivity contribution in [2.24, 2.45) is 11.8 Å². The number of para-hydroxylation sites is 1. The van der Waals surface area contributed by atoms with E-state index < -0.39 is 5.97 Å². The summed E-state index contributed by atoms with van der Waals surface area (Å²) in [6.07, 6.45) is 4.66. The SMILES string of the molecule is COC(=O)c1ccccc1NC(=O)C(C)C1CCCC1. The average Bonchev–Trinajstić information content (AvgIpc) is 3.00. The molecule has 1 unspecified atom stereocenters. The highest BCUT2D eigenvalue weighted by Gasteiger charge is 2.27. The van der Waals surface area contributed by atoms with E-state index in [1.807, 2.05) is 6.92 Å². The van der Waals surface area contributed by atoms with Crippen LogP contribution in [0.2, 0.25) is 0 Å². The summed E-state index contributed by atoms with van der Waals surface area (Å²) in [6, 6.07) is 6.93. The van der Waals surface area contributed by atoms with E-state index in [1.54, 1.807) is 24.3 Å². The Kier molecular flexibility index (Phi) is 4.77. The number of methoxy groups -OCH3 is 1. The van der Waals surface area contributed by atoms with Gasteiger partial charge in [-0.15, -0.1) is 0 Å². The van der Waals surface area contributed by atoms with Gasteiger partial charge < -0.3 is 10.1 Å². The Hall–Kier alpha value is -1.84. The minimum absolute atomic E-state index is 0.0201. The van der Waals surface area contributed by atoms with Crippen LogP contribution < -0.4 is 5.32 Å². The van der Waals surface area contributed by atoms with Gasteiger partial charge in [-0.05, 0) is 30.9 Å². The highest BCUT2D eigenvalue weighted by molar-refractivity contribution is 6.01. The van der Waals surface area contributed by atoms with Gasteiger partial charge in [0.05, 0.1) is 18.4 Å². The molecule has 0 aliphatic heterocycles. The monoisotopic (exact) mass is 275 g/mol. The molecule has 4 heteroatoms. The number of ether oxygens (including phenoxy) is 1. The van der Waals surface area contributed by atoms with E-state index in [4.69, 9.17) is 4.74 Å². The highest BCUT2D eigenvalue weighted by atomic mass is 16.5. The Morgan fingerprint density at radius 3 is 2.55 bits per heavy atom. The number of anilines is 1. The van der Waals surface area contributed by atoms with E-state index in [-0.39, 0.29) is 11.8 Å². The summed E-state index contributed by atoms with van der Waals surface area (Å²) in [5, 5.41) is 2.86. The maximum Gasteiger partial charge on any atom is 0.339 e. The number of amides is 1. The Bertz CT molecular complexity index is 492. The van der Waals surface area contributed by atoms with Gasteiger partial charge in [-0.2, -0.15) is 0 Å². The number of benzene rings is 1. The summed E-state index contributed by atoms with van der Waals surface area (Å²) < 4.78 is 4.73. The summed E-state index contributed by atoms with van der Waals surface area (Å²) in [5.74, 6) is -0.0221. The second-order valence-corrected chi connectivity index (χ2v) is 5.36. The molecule has 1 fully saturated rings. The number of hydrogen-bond donors (Lipinski definition) is 1. The van der Waals surface area contributed by atoms with Crippen LogP contribution in [0.1, 0.15) is 43.0 Å². The van der Waals surface area contributed by atoms with E-state index in [1.165, 1.54) is 20.0 Å². The molecule has 1 aromatic rings. The van der Waals surface area contributed by atoms with Crippen LogP contribution in [0, 0.1) is 11.8 Å². The number of nitrogens with one attached hydrogen (secondary N) is 1. The lowest BCUT2D eigenvalue weighted by molar-refractivity contribution is -0.120. The van der Waals surface area contributed by atoms with Gasteiger partial charge >= 0.3 is 5.97 Å². The molecule has 1 aromatic carbocycles. The Morgan fingerprint density at radius 2 is 1.90 bits per heavy atom. The molecule has 1 amide bonds. The molecule has 0 bridgehead atoms. The molecule has 20 heavy (non-hydrogen) atoms. The van der Waals surface area contributed by atoms with Gasteiger partial charge in [0.2, 0.25) is 5.91 Å². The van der Waals surface area contributed by atoms with Crippen molar-refractivity contribution >= 4 is 17.6 Å². The van der Waals surface area contributed by atoms with Gasteiger partial charge in [0, 0.05) is 5.92 Å². The third-order valence-electron chi connectivity index (χ3n) is 4.11. The number of rotatable bonds is 4. The molecule has 0 saturated heterocycles. The Labute approximate surface area is 119 Å². The third-order valence-corrected chi connectivity index (χ3v) is 4.11. The van der Waals surface area contributed by atoms with Crippen molar-refractivity contribution in [2.75, 3.05) is 12.4 Å². The van der Waals surface area contributed by atoms with E-state index in [9.17, 15) is 9.59 Å². The van der Waals surface area contributed by atoms with E-state index in [0.29, 0.717) is 17.2 Å². The van der Waals surface area contributed by atoms with Gasteiger partial charge in [0.1, 0.15) is 0 Å². The fourth-order valence-electron chi connectivity index (χ4n) is 2.80. The summed E-state index contributed by atoms with van der Waals surface area (Å²) in [4.78, 5) is 24.0. The van der Waals surface area contributed by atoms with Crippen molar-refractivity contribution in [2.45, 2.75) is 32.6 Å². The van der Waals surface area contributed by atoms with Crippen molar-refractivity contribution in [3.63, 3.8) is 0 Å². The third kappa shape index (κ3) is 3.18. The molecular weight excluding hydrogens is 254 g/mol. The number of carbonyl (C=O) groups is 2. The molecule has 1 saturated carbocycles. The number of carbonyl (C=O) groups excluding carboxylic acids is 2. The lowest BCUT2D eigenvalue weighted by Gasteiger charge is -2.19. The zero-order chi connectivity index (χ0) is 14.5. The number of esters is 1. The Balaban J connectivity index is 2.09. The average molecular weight is 275 g/mol. The molecule has 0 heterocycles. The van der Waals surface area contributed by atoms with Crippen molar-refractivity contribution < 1.29 is 14.3 Å². The van der Waals surface area contributed by atoms with Crippen molar-refractivity contribution in [1.82, 2.24) is 0 Å². The minimum atomic E-state index is -0.436. The van der Waals surface area contributed by atoms with Crippen molar-refractivity contribution in [1.29, 1.82) is 0 Å². The van der Waals surface area contributed by atoms with Crippen molar-refractivity contribution in [3.8, 4) is 0 Å². The zero-order valence-corrected chi connectivity index (χ0v) is 12.0. The smallest absolute Gasteiger partial charge is 0.339 e. The van der Waals surface area contributed by atoms with Crippen molar-refractivity contribution in [3.05, 3.63) is 29.8 Å². The normalized spacial score (nSPS) is 16.7. The molecule has 4 nitrogen and oxygen atoms in total. The molecule has 0 spiro atoms. The first-order chi connectivity index (χ1) is 9.63. The van der Waals surface area contributed by atoms with Crippen LogP contribution in [0.3, 0.4) is 0 Å². The van der Waals surface area contributed by atoms with Gasteiger partial charge in [-0.3, -0.25) is 4.79 Å². The molecule has 0 aromatic heterocycles. The molecule has 1 aliphatic rings. The predicted molar refractivity (Wildman–Crippen MR) is 77.5 cm³/mol. The van der Waals surface area contributed by atoms with Crippen LogP contribution in [-0.2, 0) is 9.53 Å². The summed E-state index contributed by atoms with van der Waals surface area (Å²) in [7, 11) is 1.34. The van der Waals surface area contributed by atoms with Crippen LogP contribution in [-0.4, -0.2) is 19.0 Å². The summed E-state index contributed by atoms with van der Waals surface area (Å²) >= 11 is 0. The van der Waals surface area contributed by atoms with Gasteiger partial charge in [0.25, 0.3) is 0 Å². The van der Waals surface area contributed by atoms with Crippen LogP contribution >= 0.6 is 0 Å². The quantitative estimate of drug-likeness (QED) is 0.858. The first-order valence-electron chi connectivity index (χ1n) is 7.11. The molecule has 0 radical (unpaired) electrons. The van der Waals surface area contributed by atoms with Crippen LogP contribution in [0.5, 0.6) is 0 Å². The fraction of sp³-hybridized carbons (Fsp3) is 0.500. The lowest BCUT2D eigenvalue weighted by atomic mass is 9.92. The van der Waals surface area contributed by atoms with E-state index in [2.05, 4.69) is 5.32 Å². The van der Waals surface area contributed by atoms with Gasteiger partial charge in [0.15, 0.2) is 0 Å². The van der Waals surface area contributed by atoms with E-state index >= 15 is 0 Å². The minimum Gasteiger partial charge on any atom is -0.465 e. The summed E-state index contributed by atoms with van der Waals surface area (Å²) in [5.41, 5.74) is 0.913. The van der Waals surface area contributed by atoms with E-state index in [0.717, 1.165) is 12.8 Å². The van der Waals surface area contributed by atoms with Crippen LogP contribution in [0.15, 0.2) is 24.3 Å². The number of hydrogen-bond acceptors (Lipinski definition) is 3. The topological polar surface area (TPSA) is 55.4 Å². The molecule has 1 aliphatic carbocycles. The maximum absolute atomic E-state index is 12.3. The molecular formula is C16H21NO3. The maximum atomic E-state index is 12.3. The standard InChI is InChI=1S/C16H21NO3/c1-11(12-7-3-4-8-12)15(18)17-14-10-6-5-9-13(14)16(19)20-2/h5-6,9-12H,3-4,7-8H2,1-2H3,(H,17,18). The molecule has 1 N–H and O–H groups in total. The summed E-state index contributed by atoms with van der Waals surface area (Å²) in [6.45, 7) is 1.96. The molecule has 2 rings (SSSR count).